The van der Waals surface area contributed by atoms with Gasteiger partial charge in [-0.3, -0.25) is 9.59 Å². The number of primary amides is 1. The fourth-order valence-corrected chi connectivity index (χ4v) is 2.41. The zero-order chi connectivity index (χ0) is 15.3. The predicted molar refractivity (Wildman–Crippen MR) is 76.4 cm³/mol. The van der Waals surface area contributed by atoms with Crippen molar-refractivity contribution >= 4 is 35.2 Å². The molecule has 0 atom stereocenters. The first-order valence-electron chi connectivity index (χ1n) is 5.90. The van der Waals surface area contributed by atoms with Crippen molar-refractivity contribution in [2.24, 2.45) is 5.73 Å². The molecule has 108 valence electrons. The number of carbonyl (C=O) groups is 3. The molecule has 0 spiro atoms. The number of rotatable bonds is 6. The van der Waals surface area contributed by atoms with Crippen LogP contribution >= 0.6 is 11.3 Å². The van der Waals surface area contributed by atoms with Gasteiger partial charge in [-0.05, 0) is 36.9 Å². The number of nitrogens with zero attached hydrogens (tertiary/aromatic N) is 1. The molecule has 0 aliphatic rings. The maximum absolute atomic E-state index is 12.4. The van der Waals surface area contributed by atoms with E-state index in [1.165, 1.54) is 22.3 Å². The van der Waals surface area contributed by atoms with Gasteiger partial charge in [0.05, 0.1) is 11.4 Å². The molecule has 0 aliphatic carbocycles. The van der Waals surface area contributed by atoms with Crippen LogP contribution in [-0.4, -0.2) is 40.4 Å². The number of amides is 2. The third-order valence-electron chi connectivity index (χ3n) is 2.51. The van der Waals surface area contributed by atoms with E-state index in [2.05, 4.69) is 0 Å². The van der Waals surface area contributed by atoms with Crippen molar-refractivity contribution < 1.29 is 19.5 Å². The second kappa shape index (κ2) is 6.85. The molecule has 1 aromatic heterocycles. The lowest BCUT2D eigenvalue weighted by atomic mass is 10.2. The molecule has 3 N–H and O–H groups in total. The summed E-state index contributed by atoms with van der Waals surface area (Å²) in [5.41, 5.74) is 5.65. The summed E-state index contributed by atoms with van der Waals surface area (Å²) in [6, 6.07) is 1.47. The van der Waals surface area contributed by atoms with E-state index in [-0.39, 0.29) is 18.5 Å². The van der Waals surface area contributed by atoms with Gasteiger partial charge < -0.3 is 15.7 Å². The molecule has 20 heavy (non-hydrogen) atoms. The Kier molecular flexibility index (Phi) is 5.45. The van der Waals surface area contributed by atoms with Gasteiger partial charge in [-0.1, -0.05) is 0 Å². The van der Waals surface area contributed by atoms with Crippen LogP contribution in [0.4, 0.5) is 0 Å². The molecule has 0 aromatic carbocycles. The van der Waals surface area contributed by atoms with Crippen molar-refractivity contribution in [2.75, 3.05) is 6.54 Å². The molecule has 0 aliphatic heterocycles. The molecule has 0 saturated heterocycles. The topological polar surface area (TPSA) is 101 Å². The Morgan fingerprint density at radius 1 is 1.45 bits per heavy atom. The number of hydrogen-bond acceptors (Lipinski definition) is 4. The summed E-state index contributed by atoms with van der Waals surface area (Å²) in [7, 11) is 0. The average molecular weight is 296 g/mol. The van der Waals surface area contributed by atoms with Crippen molar-refractivity contribution in [3.63, 3.8) is 0 Å². The van der Waals surface area contributed by atoms with Crippen LogP contribution in [0.1, 0.15) is 29.1 Å². The number of carboxylic acid groups (broad SMARTS) is 1. The Morgan fingerprint density at radius 3 is 2.60 bits per heavy atom. The van der Waals surface area contributed by atoms with E-state index in [9.17, 15) is 14.4 Å². The van der Waals surface area contributed by atoms with Crippen LogP contribution in [-0.2, 0) is 9.59 Å². The van der Waals surface area contributed by atoms with Crippen LogP contribution in [0.3, 0.4) is 0 Å². The first-order chi connectivity index (χ1) is 9.32. The van der Waals surface area contributed by atoms with Crippen LogP contribution < -0.4 is 5.73 Å². The fraction of sp³-hybridized carbons (Fsp3) is 0.308. The molecule has 1 aromatic rings. The van der Waals surface area contributed by atoms with Crippen LogP contribution in [0.25, 0.3) is 6.08 Å². The lowest BCUT2D eigenvalue weighted by Crippen LogP contribution is -2.42. The van der Waals surface area contributed by atoms with E-state index < -0.39 is 11.9 Å². The fourth-order valence-electron chi connectivity index (χ4n) is 1.57. The van der Waals surface area contributed by atoms with Gasteiger partial charge >= 0.3 is 5.97 Å². The molecule has 0 fully saturated rings. The van der Waals surface area contributed by atoms with Gasteiger partial charge in [0.2, 0.25) is 5.91 Å². The summed E-state index contributed by atoms with van der Waals surface area (Å²) in [6.07, 6.45) is 2.32. The smallest absolute Gasteiger partial charge is 0.328 e. The van der Waals surface area contributed by atoms with Gasteiger partial charge in [-0.15, -0.1) is 11.3 Å². The zero-order valence-electron chi connectivity index (χ0n) is 11.2. The molecule has 1 heterocycles. The Balaban J connectivity index is 3.04. The van der Waals surface area contributed by atoms with Crippen LogP contribution in [0.5, 0.6) is 0 Å². The zero-order valence-corrected chi connectivity index (χ0v) is 12.0. The van der Waals surface area contributed by atoms with E-state index in [0.29, 0.717) is 10.4 Å². The van der Waals surface area contributed by atoms with E-state index in [1.54, 1.807) is 25.3 Å². The number of carbonyl (C=O) groups excluding carboxylic acids is 2. The van der Waals surface area contributed by atoms with Crippen LogP contribution in [0, 0.1) is 0 Å². The highest BCUT2D eigenvalue weighted by Crippen LogP contribution is 2.21. The van der Waals surface area contributed by atoms with Gasteiger partial charge in [-0.2, -0.15) is 0 Å². The Labute approximate surface area is 120 Å². The van der Waals surface area contributed by atoms with E-state index in [4.69, 9.17) is 10.8 Å². The second-order valence-corrected chi connectivity index (χ2v) is 5.29. The highest BCUT2D eigenvalue weighted by atomic mass is 32.1. The molecule has 6 nitrogen and oxygen atoms in total. The van der Waals surface area contributed by atoms with Crippen molar-refractivity contribution in [1.82, 2.24) is 4.90 Å². The maximum atomic E-state index is 12.4. The van der Waals surface area contributed by atoms with E-state index in [0.717, 1.165) is 6.08 Å². The summed E-state index contributed by atoms with van der Waals surface area (Å²) >= 11 is 1.19. The van der Waals surface area contributed by atoms with Crippen molar-refractivity contribution in [2.45, 2.75) is 19.9 Å². The average Bonchev–Trinajstić information content (AvgIpc) is 2.80. The molecule has 0 saturated carbocycles. The number of carboxylic acids is 1. The van der Waals surface area contributed by atoms with E-state index in [1.807, 2.05) is 0 Å². The van der Waals surface area contributed by atoms with Gasteiger partial charge in [0.25, 0.3) is 5.91 Å². The van der Waals surface area contributed by atoms with Crippen molar-refractivity contribution in [3.8, 4) is 0 Å². The quantitative estimate of drug-likeness (QED) is 0.770. The predicted octanol–water partition coefficient (Wildman–Crippen LogP) is 1.18. The summed E-state index contributed by atoms with van der Waals surface area (Å²) in [5.74, 6) is -2.02. The normalized spacial score (nSPS) is 10.9. The summed E-state index contributed by atoms with van der Waals surface area (Å²) in [5, 5.41) is 10.3. The van der Waals surface area contributed by atoms with Gasteiger partial charge in [0.15, 0.2) is 0 Å². The molecular weight excluding hydrogens is 280 g/mol. The van der Waals surface area contributed by atoms with Crippen LogP contribution in [0.2, 0.25) is 0 Å². The summed E-state index contributed by atoms with van der Waals surface area (Å²) in [6.45, 7) is 3.39. The molecule has 7 heteroatoms. The standard InChI is InChI=1S/C13H16N2O4S/c1-8(2)15(7-10(14)16)13(19)12-9(5-6-20-12)3-4-11(17)18/h3-6,8H,7H2,1-2H3,(H2,14,16)(H,17,18). The molecule has 2 amide bonds. The molecule has 0 unspecified atom stereocenters. The molecule has 1 rings (SSSR count). The van der Waals surface area contributed by atoms with Crippen LogP contribution in [0.15, 0.2) is 17.5 Å². The molecular formula is C13H16N2O4S. The minimum Gasteiger partial charge on any atom is -0.478 e. The Hall–Kier alpha value is -2.15. The number of thiophene rings is 1. The number of nitrogens with two attached hydrogens (primary N) is 1. The summed E-state index contributed by atoms with van der Waals surface area (Å²) in [4.78, 5) is 35.7. The number of hydrogen-bond donors (Lipinski definition) is 2. The highest BCUT2D eigenvalue weighted by molar-refractivity contribution is 7.12. The van der Waals surface area contributed by atoms with Crippen molar-refractivity contribution in [1.29, 1.82) is 0 Å². The first-order valence-corrected chi connectivity index (χ1v) is 6.78. The number of aliphatic carboxylic acids is 1. The van der Waals surface area contributed by atoms with Gasteiger partial charge in [-0.25, -0.2) is 4.79 Å². The van der Waals surface area contributed by atoms with Gasteiger partial charge in [0, 0.05) is 12.1 Å². The maximum Gasteiger partial charge on any atom is 0.328 e. The third-order valence-corrected chi connectivity index (χ3v) is 3.42. The minimum atomic E-state index is -1.09. The highest BCUT2D eigenvalue weighted by Gasteiger charge is 2.23. The third kappa shape index (κ3) is 4.20. The minimum absolute atomic E-state index is 0.170. The lowest BCUT2D eigenvalue weighted by Gasteiger charge is -2.25. The first kappa shape index (κ1) is 15.9. The Morgan fingerprint density at radius 2 is 2.10 bits per heavy atom. The second-order valence-electron chi connectivity index (χ2n) is 4.37. The van der Waals surface area contributed by atoms with E-state index >= 15 is 0 Å². The molecule has 0 radical (unpaired) electrons. The Bertz CT molecular complexity index is 548. The summed E-state index contributed by atoms with van der Waals surface area (Å²) < 4.78 is 0. The van der Waals surface area contributed by atoms with Crippen molar-refractivity contribution in [3.05, 3.63) is 28.0 Å². The lowest BCUT2D eigenvalue weighted by molar-refractivity contribution is -0.131. The largest absolute Gasteiger partial charge is 0.478 e. The SMILES string of the molecule is CC(C)N(CC(N)=O)C(=O)c1sccc1C=CC(=O)O. The monoisotopic (exact) mass is 296 g/mol. The van der Waals surface area contributed by atoms with Gasteiger partial charge in [0.1, 0.15) is 0 Å². The molecule has 0 bridgehead atoms.